The fourth-order valence-corrected chi connectivity index (χ4v) is 12.5. The molecule has 7 aromatic carbocycles. The fourth-order valence-electron chi connectivity index (χ4n) is 10.6. The number of esters is 4. The Hall–Kier alpha value is -10.8. The second-order valence-corrected chi connectivity index (χ2v) is 22.2. The summed E-state index contributed by atoms with van der Waals surface area (Å²) in [4.78, 5) is 125. The van der Waals surface area contributed by atoms with Crippen molar-refractivity contribution in [3.8, 4) is 32.6 Å². The quantitative estimate of drug-likeness (QED) is 0.0247. The summed E-state index contributed by atoms with van der Waals surface area (Å²) in [5.74, 6) is -16.5. The Morgan fingerprint density at radius 3 is 1.03 bits per heavy atom. The first kappa shape index (κ1) is 56.3. The molecular weight excluding hydrogens is 1180 g/mol. The van der Waals surface area contributed by atoms with Gasteiger partial charge in [0.05, 0.1) is 20.9 Å². The lowest BCUT2D eigenvalue weighted by molar-refractivity contribution is -0.185. The van der Waals surface area contributed by atoms with Gasteiger partial charge in [0, 0.05) is 56.7 Å². The van der Waals surface area contributed by atoms with Gasteiger partial charge < -0.3 is 28.4 Å². The Morgan fingerprint density at radius 1 is 0.420 bits per heavy atom. The highest BCUT2D eigenvalue weighted by molar-refractivity contribution is 7.17. The van der Waals surface area contributed by atoms with Crippen LogP contribution in [0.2, 0.25) is 0 Å². The monoisotopic (exact) mass is 1220 g/mol. The molecule has 16 nitrogen and oxygen atoms in total. The third kappa shape index (κ3) is 9.63. The molecule has 0 bridgehead atoms. The van der Waals surface area contributed by atoms with Crippen LogP contribution in [0.4, 0.5) is 17.6 Å². The van der Waals surface area contributed by atoms with Crippen molar-refractivity contribution in [2.75, 3.05) is 0 Å². The Labute approximate surface area is 501 Å². The van der Waals surface area contributed by atoms with Crippen LogP contribution in [-0.2, 0) is 85.3 Å². The van der Waals surface area contributed by atoms with E-state index in [1.165, 1.54) is 12.1 Å². The first-order valence-electron chi connectivity index (χ1n) is 26.6. The van der Waals surface area contributed by atoms with Gasteiger partial charge in [-0.25, -0.2) is 46.7 Å². The molecule has 0 saturated heterocycles. The van der Waals surface area contributed by atoms with E-state index in [0.717, 1.165) is 24.3 Å². The number of allylic oxidation sites excluding steroid dienone is 2. The van der Waals surface area contributed by atoms with Crippen LogP contribution in [0, 0.1) is 23.3 Å². The summed E-state index contributed by atoms with van der Waals surface area (Å²) < 4.78 is 97.2. The van der Waals surface area contributed by atoms with E-state index in [2.05, 4.69) is 9.97 Å². The third-order valence-electron chi connectivity index (χ3n) is 14.7. The highest BCUT2D eigenvalue weighted by Crippen LogP contribution is 2.57. The lowest BCUT2D eigenvalue weighted by atomic mass is 9.79. The van der Waals surface area contributed by atoms with Crippen molar-refractivity contribution >= 4 is 93.0 Å². The summed E-state index contributed by atoms with van der Waals surface area (Å²) in [6.45, 7) is -1.86. The SMILES string of the molecule is O=C1C(=O)c2c(F)cc(F)cc2/C1=C/c1nc2c(s1)-c1cc3c(cc1C(C(=O)OCc1ccccc1)(C(=O)OCc1ccccc1)O2)-c1sc(/C=C2\C(=O)C(=O)c4c(F)cc(F)cc42)nc1OC3(C(=O)OCc1ccccc1)C(=O)OCc1ccccc1. The largest absolute Gasteiger partial charge is 0.457 e. The summed E-state index contributed by atoms with van der Waals surface area (Å²) in [6, 6.07) is 38.2. The molecule has 2 aliphatic carbocycles. The van der Waals surface area contributed by atoms with Gasteiger partial charge in [-0.05, 0) is 58.7 Å². The molecule has 9 aromatic rings. The number of benzene rings is 7. The van der Waals surface area contributed by atoms with Crippen molar-refractivity contribution in [3.05, 3.63) is 247 Å². The predicted molar refractivity (Wildman–Crippen MR) is 305 cm³/mol. The van der Waals surface area contributed by atoms with Gasteiger partial charge in [0.15, 0.2) is 0 Å². The van der Waals surface area contributed by atoms with Gasteiger partial charge in [-0.3, -0.25) is 19.2 Å². The zero-order valence-corrected chi connectivity index (χ0v) is 46.6. The molecule has 0 unspecified atom stereocenters. The normalized spacial score (nSPS) is 15.5. The average molecular weight is 1220 g/mol. The standard InChI is InChI=1S/C66H36F4N2O14S2/c67-37-21-39-41(53(73)55(75)51(39)47(69)23-37)27-49-71-59-57(87-49)43-26-46-44(25-45(43)65(85-59,61(77)81-29-33-13-5-1-6-14-33)62(78)82-30-34-15-7-2-8-16-34)58-60(72-50(88-58)28-42-40-22-38(68)24-48(70)52(40)56(76)54(42)74)86-66(46,63(79)83-31-35-17-9-3-10-18-35)64(80)84-32-36-19-11-4-12-20-36/h1-28H,29-32H2/b41-27-,42-28-. The highest BCUT2D eigenvalue weighted by Gasteiger charge is 2.63. The average Bonchev–Trinajstić information content (AvgIpc) is 1.12. The van der Waals surface area contributed by atoms with Crippen molar-refractivity contribution in [3.63, 3.8) is 0 Å². The van der Waals surface area contributed by atoms with Crippen LogP contribution < -0.4 is 9.47 Å². The van der Waals surface area contributed by atoms with Crippen LogP contribution >= 0.6 is 22.7 Å². The Kier molecular flexibility index (Phi) is 14.2. The van der Waals surface area contributed by atoms with Crippen molar-refractivity contribution in [1.29, 1.82) is 0 Å². The lowest BCUT2D eigenvalue weighted by Crippen LogP contribution is -2.54. The molecule has 0 fully saturated rings. The number of hydrogen-bond donors (Lipinski definition) is 0. The zero-order chi connectivity index (χ0) is 61.2. The number of aromatic nitrogens is 2. The maximum Gasteiger partial charge on any atom is 0.367 e. The molecule has 0 spiro atoms. The molecule has 2 aromatic heterocycles. The smallest absolute Gasteiger partial charge is 0.367 e. The van der Waals surface area contributed by atoms with Crippen LogP contribution in [0.15, 0.2) is 158 Å². The second kappa shape index (κ2) is 22.2. The second-order valence-electron chi connectivity index (χ2n) is 20.2. The summed E-state index contributed by atoms with van der Waals surface area (Å²) in [7, 11) is 0. The molecule has 0 atom stereocenters. The maximum absolute atomic E-state index is 15.5. The van der Waals surface area contributed by atoms with Crippen LogP contribution in [0.25, 0.3) is 44.2 Å². The number of thiazole rings is 2. The molecule has 0 radical (unpaired) electrons. The molecule has 0 saturated carbocycles. The minimum absolute atomic E-state index is 0.0818. The van der Waals surface area contributed by atoms with E-state index in [0.29, 0.717) is 57.1 Å². The van der Waals surface area contributed by atoms with Gasteiger partial charge in [0.1, 0.15) is 59.7 Å². The molecule has 434 valence electrons. The third-order valence-corrected chi connectivity index (χ3v) is 16.7. The number of ketones is 4. The van der Waals surface area contributed by atoms with E-state index >= 15 is 28.0 Å². The minimum Gasteiger partial charge on any atom is -0.457 e. The molecule has 4 heterocycles. The Balaban J connectivity index is 1.07. The number of nitrogens with zero attached hydrogens (tertiary/aromatic N) is 2. The van der Waals surface area contributed by atoms with E-state index in [9.17, 15) is 28.0 Å². The number of hydrogen-bond acceptors (Lipinski definition) is 18. The summed E-state index contributed by atoms with van der Waals surface area (Å²) >= 11 is 1.42. The highest BCUT2D eigenvalue weighted by atomic mass is 32.1. The van der Waals surface area contributed by atoms with Crippen molar-refractivity contribution in [1.82, 2.24) is 9.97 Å². The van der Waals surface area contributed by atoms with Gasteiger partial charge in [-0.2, -0.15) is 0 Å². The number of rotatable bonds is 14. The Bertz CT molecular complexity index is 4170. The molecule has 22 heteroatoms. The number of ether oxygens (including phenoxy) is 6. The van der Waals surface area contributed by atoms with Gasteiger partial charge in [-0.1, -0.05) is 121 Å². The van der Waals surface area contributed by atoms with Gasteiger partial charge in [0.25, 0.3) is 0 Å². The fraction of sp³-hybridized carbons (Fsp3) is 0.0909. The summed E-state index contributed by atoms with van der Waals surface area (Å²) in [5.41, 5.74) is -8.67. The van der Waals surface area contributed by atoms with Crippen LogP contribution in [0.1, 0.15) is 75.2 Å². The van der Waals surface area contributed by atoms with E-state index in [1.807, 2.05) is 0 Å². The van der Waals surface area contributed by atoms with Gasteiger partial charge in [0.2, 0.25) is 34.9 Å². The topological polar surface area (TPSA) is 218 Å². The molecule has 13 rings (SSSR count). The van der Waals surface area contributed by atoms with Crippen molar-refractivity contribution in [2.45, 2.75) is 37.6 Å². The summed E-state index contributed by atoms with van der Waals surface area (Å²) in [6.07, 6.45) is 2.11. The predicted octanol–water partition coefficient (Wildman–Crippen LogP) is 11.3. The lowest BCUT2D eigenvalue weighted by Gasteiger charge is -2.38. The minimum atomic E-state index is -3.08. The number of carbonyl (C=O) groups excluding carboxylic acids is 8. The van der Waals surface area contributed by atoms with E-state index in [1.54, 1.807) is 121 Å². The molecule has 88 heavy (non-hydrogen) atoms. The number of Topliss-reactive ketones (excluding diaryl/α,β-unsaturated/α-hetero) is 4. The van der Waals surface area contributed by atoms with Crippen LogP contribution in [0.5, 0.6) is 11.8 Å². The molecular formula is C66H36F4N2O14S2. The van der Waals surface area contributed by atoms with E-state index < -0.39 is 153 Å². The van der Waals surface area contributed by atoms with Crippen molar-refractivity contribution in [2.24, 2.45) is 0 Å². The van der Waals surface area contributed by atoms with Gasteiger partial charge >= 0.3 is 35.1 Å². The molecule has 4 aliphatic rings. The first-order valence-corrected chi connectivity index (χ1v) is 28.2. The number of halogens is 4. The Morgan fingerprint density at radius 2 is 0.727 bits per heavy atom. The maximum atomic E-state index is 15.5. The van der Waals surface area contributed by atoms with E-state index in [4.69, 9.17) is 28.4 Å². The van der Waals surface area contributed by atoms with E-state index in [-0.39, 0.29) is 42.0 Å². The van der Waals surface area contributed by atoms with Crippen LogP contribution in [-0.4, -0.2) is 57.0 Å². The first-order chi connectivity index (χ1) is 42.5. The zero-order valence-electron chi connectivity index (χ0n) is 44.9. The molecule has 0 N–H and O–H groups in total. The van der Waals surface area contributed by atoms with Gasteiger partial charge in [-0.15, -0.1) is 22.7 Å². The summed E-state index contributed by atoms with van der Waals surface area (Å²) in [5, 5.41) is -0.409. The van der Waals surface area contributed by atoms with Crippen LogP contribution in [0.3, 0.4) is 0 Å². The number of carbonyl (C=O) groups is 8. The van der Waals surface area contributed by atoms with Crippen molar-refractivity contribution < 1.29 is 84.3 Å². The molecule has 0 amide bonds. The molecule has 2 aliphatic heterocycles. The number of fused-ring (bicyclic) bond motifs is 8.